The minimum absolute atomic E-state index is 0.244. The van der Waals surface area contributed by atoms with Crippen molar-refractivity contribution in [1.82, 2.24) is 4.98 Å². The van der Waals surface area contributed by atoms with Gasteiger partial charge in [-0.25, -0.2) is 8.78 Å². The Hall–Kier alpha value is -0.550. The standard InChI is InChI=1S/C8H5BrClF2NO/c9-3-4-1-2-5(7(10)14)6(13-4)8(11)12/h1-2,8H,3H2. The molecule has 2 nitrogen and oxygen atoms in total. The van der Waals surface area contributed by atoms with E-state index >= 15 is 0 Å². The highest BCUT2D eigenvalue weighted by atomic mass is 79.9. The van der Waals surface area contributed by atoms with E-state index in [0.717, 1.165) is 0 Å². The topological polar surface area (TPSA) is 30.0 Å². The van der Waals surface area contributed by atoms with E-state index in [-0.39, 0.29) is 5.56 Å². The highest BCUT2D eigenvalue weighted by molar-refractivity contribution is 9.08. The van der Waals surface area contributed by atoms with Gasteiger partial charge in [0, 0.05) is 5.33 Å². The average molecular weight is 284 g/mol. The lowest BCUT2D eigenvalue weighted by Gasteiger charge is -2.05. The second-order valence-electron chi connectivity index (χ2n) is 2.44. The fourth-order valence-electron chi connectivity index (χ4n) is 0.924. The summed E-state index contributed by atoms with van der Waals surface area (Å²) in [5, 5.41) is -0.572. The highest BCUT2D eigenvalue weighted by Crippen LogP contribution is 2.23. The molecular weight excluding hydrogens is 279 g/mol. The van der Waals surface area contributed by atoms with Gasteiger partial charge in [0.2, 0.25) is 0 Å². The number of nitrogens with zero attached hydrogens (tertiary/aromatic N) is 1. The van der Waals surface area contributed by atoms with E-state index in [9.17, 15) is 13.6 Å². The van der Waals surface area contributed by atoms with Crippen LogP contribution in [-0.2, 0) is 5.33 Å². The Bertz CT molecular complexity index is 359. The van der Waals surface area contributed by atoms with E-state index in [1.165, 1.54) is 12.1 Å². The van der Waals surface area contributed by atoms with Crippen LogP contribution in [0.15, 0.2) is 12.1 Å². The average Bonchev–Trinajstić information content (AvgIpc) is 2.16. The molecule has 0 saturated carbocycles. The van der Waals surface area contributed by atoms with Crippen molar-refractivity contribution in [2.45, 2.75) is 11.8 Å². The van der Waals surface area contributed by atoms with Crippen LogP contribution in [0.2, 0.25) is 0 Å². The van der Waals surface area contributed by atoms with Gasteiger partial charge in [0.1, 0.15) is 5.69 Å². The second-order valence-corrected chi connectivity index (χ2v) is 3.35. The molecular formula is C8H5BrClF2NO. The lowest BCUT2D eigenvalue weighted by atomic mass is 10.2. The summed E-state index contributed by atoms with van der Waals surface area (Å²) in [4.78, 5) is 14.4. The van der Waals surface area contributed by atoms with Gasteiger partial charge in [0.15, 0.2) is 0 Å². The van der Waals surface area contributed by atoms with Crippen molar-refractivity contribution in [3.05, 3.63) is 29.1 Å². The fourth-order valence-corrected chi connectivity index (χ4v) is 1.40. The van der Waals surface area contributed by atoms with Gasteiger partial charge in [-0.15, -0.1) is 0 Å². The van der Waals surface area contributed by atoms with Gasteiger partial charge in [0.25, 0.3) is 11.7 Å². The van der Waals surface area contributed by atoms with E-state index in [1.54, 1.807) is 0 Å². The van der Waals surface area contributed by atoms with Crippen molar-refractivity contribution >= 4 is 32.8 Å². The lowest BCUT2D eigenvalue weighted by Crippen LogP contribution is -2.03. The van der Waals surface area contributed by atoms with Crippen molar-refractivity contribution < 1.29 is 13.6 Å². The van der Waals surface area contributed by atoms with Crippen LogP contribution in [0.3, 0.4) is 0 Å². The molecule has 1 rings (SSSR count). The Kier molecular flexibility index (Phi) is 3.95. The number of carbonyl (C=O) groups excluding carboxylic acids is 1. The molecule has 0 N–H and O–H groups in total. The van der Waals surface area contributed by atoms with Crippen LogP contribution in [0.1, 0.15) is 28.2 Å². The maximum Gasteiger partial charge on any atom is 0.281 e. The van der Waals surface area contributed by atoms with Crippen molar-refractivity contribution in [3.63, 3.8) is 0 Å². The first-order valence-corrected chi connectivity index (χ1v) is 5.10. The number of carbonyl (C=O) groups is 1. The van der Waals surface area contributed by atoms with Crippen LogP contribution in [0.4, 0.5) is 8.78 Å². The molecule has 0 saturated heterocycles. The Morgan fingerprint density at radius 2 is 2.21 bits per heavy atom. The summed E-state index contributed by atoms with van der Waals surface area (Å²) in [6, 6.07) is 2.72. The van der Waals surface area contributed by atoms with Crippen LogP contribution >= 0.6 is 27.5 Å². The smallest absolute Gasteiger partial charge is 0.276 e. The second kappa shape index (κ2) is 4.79. The molecule has 1 aromatic rings. The predicted octanol–water partition coefficient (Wildman–Crippen LogP) is 3.29. The molecule has 0 unspecified atom stereocenters. The third kappa shape index (κ3) is 2.48. The Balaban J connectivity index is 3.24. The number of halogens is 4. The maximum absolute atomic E-state index is 12.4. The summed E-state index contributed by atoms with van der Waals surface area (Å²) >= 11 is 8.20. The molecule has 1 heterocycles. The maximum atomic E-state index is 12.4. The van der Waals surface area contributed by atoms with Crippen LogP contribution in [0, 0.1) is 0 Å². The molecule has 0 aliphatic heterocycles. The van der Waals surface area contributed by atoms with Crippen molar-refractivity contribution in [2.75, 3.05) is 0 Å². The first-order chi connectivity index (χ1) is 6.56. The molecule has 0 fully saturated rings. The summed E-state index contributed by atoms with van der Waals surface area (Å²) < 4.78 is 24.8. The number of aromatic nitrogens is 1. The quantitative estimate of drug-likeness (QED) is 0.630. The van der Waals surface area contributed by atoms with E-state index in [1.807, 2.05) is 0 Å². The van der Waals surface area contributed by atoms with Gasteiger partial charge in [-0.05, 0) is 23.7 Å². The molecule has 0 aliphatic rings. The zero-order valence-corrected chi connectivity index (χ0v) is 9.15. The lowest BCUT2D eigenvalue weighted by molar-refractivity contribution is 0.106. The fraction of sp³-hybridized carbons (Fsp3) is 0.250. The molecule has 0 aliphatic carbocycles. The zero-order valence-electron chi connectivity index (χ0n) is 6.81. The number of hydrogen-bond donors (Lipinski definition) is 0. The molecule has 0 aromatic carbocycles. The minimum atomic E-state index is -2.80. The van der Waals surface area contributed by atoms with E-state index < -0.39 is 17.4 Å². The van der Waals surface area contributed by atoms with Crippen LogP contribution < -0.4 is 0 Å². The Labute approximate surface area is 92.4 Å². The Morgan fingerprint density at radius 1 is 1.57 bits per heavy atom. The molecule has 76 valence electrons. The van der Waals surface area contributed by atoms with Gasteiger partial charge in [-0.1, -0.05) is 15.9 Å². The van der Waals surface area contributed by atoms with Gasteiger partial charge >= 0.3 is 0 Å². The molecule has 0 atom stereocenters. The van der Waals surface area contributed by atoms with Crippen LogP contribution in [0.5, 0.6) is 0 Å². The van der Waals surface area contributed by atoms with Crippen molar-refractivity contribution in [3.8, 4) is 0 Å². The number of rotatable bonds is 3. The summed E-state index contributed by atoms with van der Waals surface area (Å²) in [5.74, 6) is 0. The van der Waals surface area contributed by atoms with Crippen molar-refractivity contribution in [2.24, 2.45) is 0 Å². The normalized spacial score (nSPS) is 10.6. The summed E-state index contributed by atoms with van der Waals surface area (Å²) in [6.45, 7) is 0. The summed E-state index contributed by atoms with van der Waals surface area (Å²) in [6.07, 6.45) is -2.80. The number of pyridine rings is 1. The van der Waals surface area contributed by atoms with Gasteiger partial charge < -0.3 is 0 Å². The van der Waals surface area contributed by atoms with E-state index in [2.05, 4.69) is 20.9 Å². The van der Waals surface area contributed by atoms with Gasteiger partial charge in [-0.3, -0.25) is 9.78 Å². The molecule has 6 heteroatoms. The molecule has 1 aromatic heterocycles. The monoisotopic (exact) mass is 283 g/mol. The van der Waals surface area contributed by atoms with E-state index in [4.69, 9.17) is 11.6 Å². The molecule has 14 heavy (non-hydrogen) atoms. The van der Waals surface area contributed by atoms with Crippen LogP contribution in [-0.4, -0.2) is 10.2 Å². The number of alkyl halides is 3. The largest absolute Gasteiger partial charge is 0.281 e. The SMILES string of the molecule is O=C(Cl)c1ccc(CBr)nc1C(F)F. The van der Waals surface area contributed by atoms with Crippen molar-refractivity contribution in [1.29, 1.82) is 0 Å². The summed E-state index contributed by atoms with van der Waals surface area (Å²) in [7, 11) is 0. The number of hydrogen-bond acceptors (Lipinski definition) is 2. The zero-order chi connectivity index (χ0) is 10.7. The Morgan fingerprint density at radius 3 is 2.64 bits per heavy atom. The molecule has 0 bridgehead atoms. The first kappa shape index (κ1) is 11.5. The molecule has 0 amide bonds. The third-order valence-corrected chi connectivity index (χ3v) is 2.32. The third-order valence-electron chi connectivity index (χ3n) is 1.54. The molecule has 0 radical (unpaired) electrons. The summed E-state index contributed by atoms with van der Waals surface area (Å²) in [5.41, 5.74) is -0.379. The minimum Gasteiger partial charge on any atom is -0.276 e. The highest BCUT2D eigenvalue weighted by Gasteiger charge is 2.19. The van der Waals surface area contributed by atoms with Gasteiger partial charge in [-0.2, -0.15) is 0 Å². The van der Waals surface area contributed by atoms with Gasteiger partial charge in [0.05, 0.1) is 11.3 Å². The van der Waals surface area contributed by atoms with Crippen LogP contribution in [0.25, 0.3) is 0 Å². The molecule has 0 spiro atoms. The predicted molar refractivity (Wildman–Crippen MR) is 52.0 cm³/mol. The first-order valence-electron chi connectivity index (χ1n) is 3.60. The van der Waals surface area contributed by atoms with E-state index in [0.29, 0.717) is 11.0 Å².